The Morgan fingerprint density at radius 1 is 1.19 bits per heavy atom. The average Bonchev–Trinajstić information content (AvgIpc) is 3.29. The number of nitrogens with one attached hydrogen (secondary N) is 1. The van der Waals surface area contributed by atoms with Gasteiger partial charge in [0.05, 0.1) is 5.41 Å². The van der Waals surface area contributed by atoms with Gasteiger partial charge in [-0.05, 0) is 61.3 Å². The molecule has 0 bridgehead atoms. The number of hydrogen-bond donors (Lipinski definition) is 2. The summed E-state index contributed by atoms with van der Waals surface area (Å²) in [5.41, 5.74) is 4.37. The Labute approximate surface area is 219 Å². The Bertz CT molecular complexity index is 1260. The van der Waals surface area contributed by atoms with E-state index >= 15 is 0 Å². The molecule has 0 radical (unpaired) electrons. The fourth-order valence-electron chi connectivity index (χ4n) is 6.83. The van der Waals surface area contributed by atoms with Crippen LogP contribution in [0.25, 0.3) is 6.08 Å². The molecule has 0 aromatic carbocycles. The van der Waals surface area contributed by atoms with Crippen LogP contribution in [-0.2, 0) is 23.1 Å². The Morgan fingerprint density at radius 3 is 2.78 bits per heavy atom. The molecule has 4 aliphatic rings. The maximum atomic E-state index is 13.0. The van der Waals surface area contributed by atoms with Crippen LogP contribution in [0.1, 0.15) is 81.2 Å². The Morgan fingerprint density at radius 2 is 2.00 bits per heavy atom. The minimum Gasteiger partial charge on any atom is -0.378 e. The summed E-state index contributed by atoms with van der Waals surface area (Å²) < 4.78 is 0. The lowest BCUT2D eigenvalue weighted by Gasteiger charge is -2.47. The summed E-state index contributed by atoms with van der Waals surface area (Å²) >= 11 is 0. The monoisotopic (exact) mass is 499 g/mol. The van der Waals surface area contributed by atoms with Crippen molar-refractivity contribution in [1.29, 1.82) is 0 Å². The van der Waals surface area contributed by atoms with Gasteiger partial charge in [0.25, 0.3) is 0 Å². The van der Waals surface area contributed by atoms with Crippen molar-refractivity contribution >= 4 is 23.5 Å². The van der Waals surface area contributed by atoms with Gasteiger partial charge in [0.2, 0.25) is 5.91 Å². The maximum Gasteiger partial charge on any atom is 0.237 e. The molecule has 2 aliphatic carbocycles. The average molecular weight is 500 g/mol. The summed E-state index contributed by atoms with van der Waals surface area (Å²) in [5.74, 6) is 1.06. The molecule has 2 aromatic rings. The number of rotatable bonds is 4. The number of carbonyl (C=O) groups excluding carboxylic acids is 1. The molecule has 2 N–H and O–H groups in total. The van der Waals surface area contributed by atoms with Crippen LogP contribution in [0.4, 0.5) is 5.82 Å². The van der Waals surface area contributed by atoms with Crippen molar-refractivity contribution in [2.24, 2.45) is 10.9 Å². The predicted octanol–water partition coefficient (Wildman–Crippen LogP) is 4.65. The van der Waals surface area contributed by atoms with E-state index in [1.165, 1.54) is 12.8 Å². The quantitative estimate of drug-likeness (QED) is 0.639. The molecule has 2 spiro atoms. The Hall–Kier alpha value is -2.90. The lowest BCUT2D eigenvalue weighted by atomic mass is 9.80. The molecule has 2 aliphatic heterocycles. The van der Waals surface area contributed by atoms with E-state index < -0.39 is 11.6 Å². The summed E-state index contributed by atoms with van der Waals surface area (Å²) in [4.78, 5) is 29.6. The van der Waals surface area contributed by atoms with Gasteiger partial charge in [-0.3, -0.25) is 14.8 Å². The van der Waals surface area contributed by atoms with Crippen LogP contribution >= 0.6 is 0 Å². The van der Waals surface area contributed by atoms with E-state index in [-0.39, 0.29) is 11.6 Å². The number of anilines is 1. The number of aliphatic hydroxyl groups is 1. The Kier molecular flexibility index (Phi) is 6.24. The molecular formula is C30H37N5O2. The van der Waals surface area contributed by atoms with Crippen molar-refractivity contribution in [1.82, 2.24) is 14.9 Å². The molecule has 1 saturated carbocycles. The number of aromatic nitrogens is 2. The van der Waals surface area contributed by atoms with Gasteiger partial charge in [0.15, 0.2) is 0 Å². The summed E-state index contributed by atoms with van der Waals surface area (Å²) in [6, 6.07) is 6.07. The molecule has 2 aromatic heterocycles. The predicted molar refractivity (Wildman–Crippen MR) is 145 cm³/mol. The van der Waals surface area contributed by atoms with Crippen molar-refractivity contribution in [2.45, 2.75) is 88.9 Å². The molecule has 0 saturated heterocycles. The molecule has 2 unspecified atom stereocenters. The smallest absolute Gasteiger partial charge is 0.237 e. The normalized spacial score (nSPS) is 27.0. The van der Waals surface area contributed by atoms with E-state index in [1.807, 2.05) is 18.3 Å². The second-order valence-electron chi connectivity index (χ2n) is 11.6. The third-order valence-electron chi connectivity index (χ3n) is 8.85. The fraction of sp³-hybridized carbons (Fsp3) is 0.533. The van der Waals surface area contributed by atoms with Crippen LogP contribution < -0.4 is 5.32 Å². The highest BCUT2D eigenvalue weighted by Crippen LogP contribution is 2.46. The molecule has 2 atom stereocenters. The van der Waals surface area contributed by atoms with Crippen molar-refractivity contribution < 1.29 is 9.90 Å². The van der Waals surface area contributed by atoms with Crippen molar-refractivity contribution in [3.63, 3.8) is 0 Å². The van der Waals surface area contributed by atoms with Gasteiger partial charge in [0, 0.05) is 48.7 Å². The van der Waals surface area contributed by atoms with E-state index in [0.29, 0.717) is 37.5 Å². The lowest BCUT2D eigenvalue weighted by Crippen LogP contribution is -2.56. The topological polar surface area (TPSA) is 90.7 Å². The van der Waals surface area contributed by atoms with Crippen molar-refractivity contribution in [3.05, 3.63) is 59.1 Å². The maximum absolute atomic E-state index is 13.0. The molecule has 1 amide bonds. The second kappa shape index (κ2) is 9.44. The van der Waals surface area contributed by atoms with Gasteiger partial charge in [-0.15, -0.1) is 0 Å². The van der Waals surface area contributed by atoms with Crippen LogP contribution in [0.3, 0.4) is 0 Å². The number of hydrogen-bond acceptors (Lipinski definition) is 6. The number of pyridine rings is 2. The SMILES string of the molecule is CC(C)C1=NC2(CCCCCC2)N(CC=Cc2cnc3c(c2)CC2(C3)C(=O)Nc3ncccc32)C(O)C1. The van der Waals surface area contributed by atoms with Crippen LogP contribution in [0.5, 0.6) is 0 Å². The second-order valence-corrected chi connectivity index (χ2v) is 11.6. The first-order valence-corrected chi connectivity index (χ1v) is 13.8. The minimum absolute atomic E-state index is 0.0189. The van der Waals surface area contributed by atoms with Gasteiger partial charge in [-0.25, -0.2) is 9.88 Å². The zero-order valence-corrected chi connectivity index (χ0v) is 21.9. The van der Waals surface area contributed by atoms with Crippen molar-refractivity contribution in [2.75, 3.05) is 11.9 Å². The minimum atomic E-state index is -0.600. The summed E-state index contributed by atoms with van der Waals surface area (Å²) in [6.07, 6.45) is 16.0. The molecule has 4 heterocycles. The number of carbonyl (C=O) groups is 1. The number of aliphatic hydroxyl groups excluding tert-OH is 1. The summed E-state index contributed by atoms with van der Waals surface area (Å²) in [6.45, 7) is 5.01. The summed E-state index contributed by atoms with van der Waals surface area (Å²) in [5, 5.41) is 14.2. The van der Waals surface area contributed by atoms with Gasteiger partial charge in [-0.2, -0.15) is 0 Å². The zero-order valence-electron chi connectivity index (χ0n) is 21.9. The first-order valence-electron chi connectivity index (χ1n) is 13.8. The molecular weight excluding hydrogens is 462 g/mol. The number of nitrogens with zero attached hydrogens (tertiary/aromatic N) is 4. The van der Waals surface area contributed by atoms with Gasteiger partial charge in [-0.1, -0.05) is 44.9 Å². The fourth-order valence-corrected chi connectivity index (χ4v) is 6.83. The summed E-state index contributed by atoms with van der Waals surface area (Å²) in [7, 11) is 0. The van der Waals surface area contributed by atoms with Gasteiger partial charge < -0.3 is 10.4 Å². The molecule has 1 fully saturated rings. The van der Waals surface area contributed by atoms with Crippen LogP contribution in [0, 0.1) is 5.92 Å². The first-order chi connectivity index (χ1) is 17.9. The molecule has 194 valence electrons. The third kappa shape index (κ3) is 4.22. The Balaban J connectivity index is 1.22. The third-order valence-corrected chi connectivity index (χ3v) is 8.85. The zero-order chi connectivity index (χ0) is 25.6. The highest BCUT2D eigenvalue weighted by Gasteiger charge is 2.51. The van der Waals surface area contributed by atoms with E-state index in [4.69, 9.17) is 9.98 Å². The molecule has 37 heavy (non-hydrogen) atoms. The molecule has 7 heteroatoms. The molecule has 7 nitrogen and oxygen atoms in total. The van der Waals surface area contributed by atoms with Crippen LogP contribution in [-0.4, -0.2) is 50.0 Å². The van der Waals surface area contributed by atoms with E-state index in [0.717, 1.165) is 53.8 Å². The number of amides is 1. The lowest BCUT2D eigenvalue weighted by molar-refractivity contribution is -0.120. The van der Waals surface area contributed by atoms with E-state index in [9.17, 15) is 9.90 Å². The number of aliphatic imine (C=N–C) groups is 1. The van der Waals surface area contributed by atoms with Gasteiger partial charge >= 0.3 is 0 Å². The van der Waals surface area contributed by atoms with Crippen LogP contribution in [0.2, 0.25) is 0 Å². The van der Waals surface area contributed by atoms with E-state index in [2.05, 4.69) is 47.3 Å². The largest absolute Gasteiger partial charge is 0.378 e. The first kappa shape index (κ1) is 24.4. The van der Waals surface area contributed by atoms with Crippen molar-refractivity contribution in [3.8, 4) is 0 Å². The van der Waals surface area contributed by atoms with E-state index in [1.54, 1.807) is 6.20 Å². The highest BCUT2D eigenvalue weighted by molar-refractivity contribution is 6.06. The highest BCUT2D eigenvalue weighted by atomic mass is 16.3. The van der Waals surface area contributed by atoms with Gasteiger partial charge in [0.1, 0.15) is 17.7 Å². The standard InChI is InChI=1S/C30H37N5O2/c1-20(2)24-16-26(36)35(30(34-24)11-5-3-4-6-12-30)14-8-9-21-15-22-17-29(18-25(22)32-19-21)23-10-7-13-31-27(23)33-28(29)37/h7-10,13,15,19-20,26,36H,3-6,11-12,14,16-18H2,1-2H3,(H,31,33,37). The number of fused-ring (bicyclic) bond motifs is 3. The molecule has 6 rings (SSSR count). The van der Waals surface area contributed by atoms with Crippen LogP contribution in [0.15, 0.2) is 41.7 Å².